The number of sulfonamides is 1. The molecule has 2 aromatic carbocycles. The van der Waals surface area contributed by atoms with Gasteiger partial charge in [0.05, 0.1) is 33.0 Å². The summed E-state index contributed by atoms with van der Waals surface area (Å²) in [6.07, 6.45) is 3.80. The number of rotatable bonds is 6. The molecule has 0 spiro atoms. The van der Waals surface area contributed by atoms with E-state index >= 15 is 0 Å². The molecular weight excluding hydrogens is 565 g/mol. The van der Waals surface area contributed by atoms with Gasteiger partial charge < -0.3 is 0 Å². The summed E-state index contributed by atoms with van der Waals surface area (Å²) in [7, 11) is -3.94. The molecule has 5 rings (SSSR count). The van der Waals surface area contributed by atoms with Gasteiger partial charge in [-0.2, -0.15) is 5.10 Å². The van der Waals surface area contributed by atoms with Crippen molar-refractivity contribution in [2.45, 2.75) is 17.4 Å². The maximum absolute atomic E-state index is 13.3. The zero-order valence-corrected chi connectivity index (χ0v) is 23.8. The highest BCUT2D eigenvalue weighted by molar-refractivity contribution is 8.26. The highest BCUT2D eigenvalue weighted by Crippen LogP contribution is 2.38. The van der Waals surface area contributed by atoms with Crippen LogP contribution < -0.4 is 0 Å². The molecule has 0 saturated carbocycles. The van der Waals surface area contributed by atoms with E-state index in [2.05, 4.69) is 0 Å². The SMILES string of the molecule is CN(C)S(=O)(=O)c1cccc(-c2nn(-c3ccccc3)cc2C=C2SC(=S)N(C3CCS(=O)(=O)C3)C2=O)c1. The number of aromatic nitrogens is 2. The molecule has 1 atom stereocenters. The fourth-order valence-electron chi connectivity index (χ4n) is 4.36. The lowest BCUT2D eigenvalue weighted by Crippen LogP contribution is -2.39. The van der Waals surface area contributed by atoms with Gasteiger partial charge in [-0.15, -0.1) is 0 Å². The van der Waals surface area contributed by atoms with Crippen molar-refractivity contribution < 1.29 is 21.6 Å². The van der Waals surface area contributed by atoms with Gasteiger partial charge in [-0.25, -0.2) is 25.8 Å². The maximum Gasteiger partial charge on any atom is 0.266 e. The van der Waals surface area contributed by atoms with Gasteiger partial charge in [0.2, 0.25) is 10.0 Å². The molecule has 0 N–H and O–H groups in total. The molecule has 0 bridgehead atoms. The summed E-state index contributed by atoms with van der Waals surface area (Å²) in [5, 5.41) is 4.74. The smallest absolute Gasteiger partial charge is 0.266 e. The van der Waals surface area contributed by atoms with Crippen molar-refractivity contribution in [2.24, 2.45) is 0 Å². The first-order valence-electron chi connectivity index (χ1n) is 11.6. The Morgan fingerprint density at radius 2 is 1.87 bits per heavy atom. The lowest BCUT2D eigenvalue weighted by Gasteiger charge is -2.20. The number of para-hydroxylation sites is 1. The van der Waals surface area contributed by atoms with Crippen LogP contribution in [0.1, 0.15) is 12.0 Å². The second-order valence-corrected chi connectivity index (χ2v) is 15.2. The molecule has 38 heavy (non-hydrogen) atoms. The molecule has 3 aromatic rings. The molecule has 0 aliphatic carbocycles. The lowest BCUT2D eigenvalue weighted by molar-refractivity contribution is -0.123. The summed E-state index contributed by atoms with van der Waals surface area (Å²) in [5.74, 6) is -0.408. The molecule has 198 valence electrons. The molecule has 2 aliphatic heterocycles. The van der Waals surface area contributed by atoms with Crippen LogP contribution in [0.2, 0.25) is 0 Å². The number of carbonyl (C=O) groups is 1. The third-order valence-electron chi connectivity index (χ3n) is 6.33. The Balaban J connectivity index is 1.59. The number of benzene rings is 2. The van der Waals surface area contributed by atoms with E-state index in [9.17, 15) is 21.6 Å². The van der Waals surface area contributed by atoms with Crippen LogP contribution in [-0.4, -0.2) is 77.7 Å². The second kappa shape index (κ2) is 10.0. The number of carbonyl (C=O) groups excluding carboxylic acids is 1. The molecule has 3 heterocycles. The number of thiocarbonyl (C=S) groups is 1. The van der Waals surface area contributed by atoms with Gasteiger partial charge >= 0.3 is 0 Å². The highest BCUT2D eigenvalue weighted by Gasteiger charge is 2.42. The molecule has 1 unspecified atom stereocenters. The molecule has 2 aliphatic rings. The summed E-state index contributed by atoms with van der Waals surface area (Å²) >= 11 is 6.57. The van der Waals surface area contributed by atoms with Crippen LogP contribution in [0.3, 0.4) is 0 Å². The summed E-state index contributed by atoms with van der Waals surface area (Å²) in [6.45, 7) is 0. The first-order valence-corrected chi connectivity index (χ1v) is 16.1. The monoisotopic (exact) mass is 588 g/mol. The van der Waals surface area contributed by atoms with Gasteiger partial charge in [0.15, 0.2) is 9.84 Å². The fourth-order valence-corrected chi connectivity index (χ4v) is 8.40. The predicted octanol–water partition coefficient (Wildman–Crippen LogP) is 3.18. The molecule has 0 radical (unpaired) electrons. The van der Waals surface area contributed by atoms with Gasteiger partial charge in [0.25, 0.3) is 5.91 Å². The van der Waals surface area contributed by atoms with E-state index in [1.165, 1.54) is 25.1 Å². The van der Waals surface area contributed by atoms with Crippen LogP contribution >= 0.6 is 24.0 Å². The minimum atomic E-state index is -3.68. The van der Waals surface area contributed by atoms with Crippen LogP contribution in [0.4, 0.5) is 0 Å². The Morgan fingerprint density at radius 3 is 2.53 bits per heavy atom. The standard InChI is InChI=1S/C25H24N4O5S4/c1-27(2)38(33,34)21-10-6-7-17(13-21)23-18(15-28(26-23)19-8-4-3-5-9-19)14-22-24(30)29(25(35)36-22)20-11-12-37(31,32)16-20/h3-10,13-15,20H,11-12,16H2,1-2H3. The molecule has 2 fully saturated rings. The average Bonchev–Trinajstić information content (AvgIpc) is 3.54. The Morgan fingerprint density at radius 1 is 1.13 bits per heavy atom. The normalized spacial score (nSPS) is 20.7. The van der Waals surface area contributed by atoms with Crippen LogP contribution in [0, 0.1) is 0 Å². The summed E-state index contributed by atoms with van der Waals surface area (Å²) < 4.78 is 52.7. The van der Waals surface area contributed by atoms with E-state index in [-0.39, 0.29) is 22.3 Å². The van der Waals surface area contributed by atoms with Gasteiger partial charge in [-0.3, -0.25) is 9.69 Å². The third kappa shape index (κ3) is 5.08. The lowest BCUT2D eigenvalue weighted by atomic mass is 10.1. The average molecular weight is 589 g/mol. The molecule has 2 saturated heterocycles. The van der Waals surface area contributed by atoms with Crippen molar-refractivity contribution in [3.63, 3.8) is 0 Å². The van der Waals surface area contributed by atoms with Crippen molar-refractivity contribution in [3.8, 4) is 16.9 Å². The third-order valence-corrected chi connectivity index (χ3v) is 11.2. The van der Waals surface area contributed by atoms with E-state index in [0.29, 0.717) is 32.5 Å². The zero-order chi connectivity index (χ0) is 27.2. The summed E-state index contributed by atoms with van der Waals surface area (Å²) in [5.41, 5.74) is 2.42. The molecular formula is C25H24N4O5S4. The largest absolute Gasteiger partial charge is 0.289 e. The van der Waals surface area contributed by atoms with E-state index in [1.54, 1.807) is 35.2 Å². The van der Waals surface area contributed by atoms with Gasteiger partial charge in [0, 0.05) is 31.4 Å². The molecule has 13 heteroatoms. The Bertz CT molecular complexity index is 1680. The van der Waals surface area contributed by atoms with Crippen LogP contribution in [0.25, 0.3) is 23.0 Å². The minimum absolute atomic E-state index is 0.0357. The zero-order valence-electron chi connectivity index (χ0n) is 20.5. The van der Waals surface area contributed by atoms with Gasteiger partial charge in [-0.1, -0.05) is 54.3 Å². The fraction of sp³-hybridized carbons (Fsp3) is 0.240. The van der Waals surface area contributed by atoms with Crippen molar-refractivity contribution >= 4 is 60.1 Å². The highest BCUT2D eigenvalue weighted by atomic mass is 32.2. The number of hydrogen-bond donors (Lipinski definition) is 0. The Hall–Kier alpha value is -2.84. The number of hydrogen-bond acceptors (Lipinski definition) is 8. The van der Waals surface area contributed by atoms with Crippen molar-refractivity contribution in [1.29, 1.82) is 0 Å². The topological polar surface area (TPSA) is 110 Å². The number of amides is 1. The quantitative estimate of drug-likeness (QED) is 0.319. The first-order chi connectivity index (χ1) is 18.0. The minimum Gasteiger partial charge on any atom is -0.289 e. The van der Waals surface area contributed by atoms with E-state index in [0.717, 1.165) is 21.8 Å². The van der Waals surface area contributed by atoms with E-state index in [1.807, 2.05) is 30.3 Å². The van der Waals surface area contributed by atoms with Gasteiger partial charge in [-0.05, 0) is 36.8 Å². The van der Waals surface area contributed by atoms with E-state index < -0.39 is 25.9 Å². The first kappa shape index (κ1) is 26.8. The second-order valence-electron chi connectivity index (χ2n) is 9.14. The van der Waals surface area contributed by atoms with Crippen molar-refractivity contribution in [3.05, 3.63) is 71.3 Å². The molecule has 9 nitrogen and oxygen atoms in total. The number of thioether (sulfide) groups is 1. The van der Waals surface area contributed by atoms with Crippen LogP contribution in [0.5, 0.6) is 0 Å². The van der Waals surface area contributed by atoms with Crippen LogP contribution in [-0.2, 0) is 24.7 Å². The Kier molecular flexibility index (Phi) is 7.07. The molecule has 1 aromatic heterocycles. The number of sulfone groups is 1. The summed E-state index contributed by atoms with van der Waals surface area (Å²) in [6, 6.07) is 15.4. The predicted molar refractivity (Wildman–Crippen MR) is 152 cm³/mol. The summed E-state index contributed by atoms with van der Waals surface area (Å²) in [4.78, 5) is 15.2. The van der Waals surface area contributed by atoms with Gasteiger partial charge in [0.1, 0.15) is 10.0 Å². The van der Waals surface area contributed by atoms with Crippen molar-refractivity contribution in [1.82, 2.24) is 19.0 Å². The molecule has 1 amide bonds. The number of nitrogens with zero attached hydrogens (tertiary/aromatic N) is 4. The van der Waals surface area contributed by atoms with Crippen molar-refractivity contribution in [2.75, 3.05) is 25.6 Å². The van der Waals surface area contributed by atoms with E-state index in [4.69, 9.17) is 17.3 Å². The Labute approximate surface area is 231 Å². The maximum atomic E-state index is 13.3. The van der Waals surface area contributed by atoms with Crippen LogP contribution in [0.15, 0.2) is 70.6 Å².